The molecule has 1 saturated carbocycles. The van der Waals surface area contributed by atoms with Gasteiger partial charge in [0.2, 0.25) is 0 Å². The van der Waals surface area contributed by atoms with Gasteiger partial charge in [0.05, 0.1) is 27.6 Å². The van der Waals surface area contributed by atoms with Crippen molar-refractivity contribution in [3.63, 3.8) is 0 Å². The van der Waals surface area contributed by atoms with Crippen molar-refractivity contribution < 1.29 is 9.84 Å². The maximum absolute atomic E-state index is 10.9. The van der Waals surface area contributed by atoms with Gasteiger partial charge in [0, 0.05) is 19.6 Å². The Balaban J connectivity index is 2.20. The normalized spacial score (nSPS) is 19.7. The third-order valence-corrected chi connectivity index (χ3v) is 5.61. The second kappa shape index (κ2) is 7.25. The van der Waals surface area contributed by atoms with E-state index in [1.165, 1.54) is 6.42 Å². The zero-order chi connectivity index (χ0) is 15.5. The Labute approximate surface area is 136 Å². The molecule has 1 unspecified atom stereocenters. The summed E-state index contributed by atoms with van der Waals surface area (Å²) < 4.78 is 9.03. The van der Waals surface area contributed by atoms with E-state index in [0.717, 1.165) is 48.1 Å². The number of rotatable bonds is 6. The quantitative estimate of drug-likeness (QED) is 0.844. The molecule has 0 amide bonds. The van der Waals surface area contributed by atoms with Gasteiger partial charge in [-0.2, -0.15) is 5.10 Å². The minimum absolute atomic E-state index is 0.372. The molecule has 2 rings (SSSR count). The summed E-state index contributed by atoms with van der Waals surface area (Å²) in [5.74, 6) is 0. The summed E-state index contributed by atoms with van der Waals surface area (Å²) in [6, 6.07) is 0. The molecule has 1 aromatic heterocycles. The Bertz CT molecular complexity index is 462. The Morgan fingerprint density at radius 2 is 2.00 bits per heavy atom. The maximum Gasteiger partial charge on any atom is 0.0943 e. The lowest BCUT2D eigenvalue weighted by Gasteiger charge is -2.41. The number of ether oxygens (including phenoxy) is 1. The van der Waals surface area contributed by atoms with Crippen molar-refractivity contribution >= 4 is 15.9 Å². The van der Waals surface area contributed by atoms with Gasteiger partial charge in [-0.05, 0) is 49.5 Å². The molecular formula is C16H27BrN2O2. The van der Waals surface area contributed by atoms with E-state index in [1.807, 2.05) is 18.5 Å². The molecule has 120 valence electrons. The van der Waals surface area contributed by atoms with Gasteiger partial charge in [0.15, 0.2) is 0 Å². The predicted molar refractivity (Wildman–Crippen MR) is 87.5 cm³/mol. The minimum atomic E-state index is -0.476. The molecule has 1 atom stereocenters. The number of aliphatic hydroxyl groups excluding tert-OH is 1. The van der Waals surface area contributed by atoms with Crippen LogP contribution in [0, 0.1) is 6.92 Å². The molecule has 5 heteroatoms. The van der Waals surface area contributed by atoms with Crippen LogP contribution in [0.4, 0.5) is 0 Å². The summed E-state index contributed by atoms with van der Waals surface area (Å²) in [4.78, 5) is 0. The molecular weight excluding hydrogens is 332 g/mol. The monoisotopic (exact) mass is 358 g/mol. The molecule has 1 aromatic rings. The predicted octanol–water partition coefficient (Wildman–Crippen LogP) is 3.62. The van der Waals surface area contributed by atoms with Gasteiger partial charge in [-0.15, -0.1) is 0 Å². The highest BCUT2D eigenvalue weighted by atomic mass is 79.9. The molecule has 0 saturated heterocycles. The van der Waals surface area contributed by atoms with Crippen molar-refractivity contribution in [1.29, 1.82) is 0 Å². The fourth-order valence-electron chi connectivity index (χ4n) is 3.44. The number of hydrogen-bond donors (Lipinski definition) is 1. The molecule has 1 fully saturated rings. The van der Waals surface area contributed by atoms with Crippen LogP contribution in [-0.4, -0.2) is 33.2 Å². The van der Waals surface area contributed by atoms with Crippen LogP contribution in [0.3, 0.4) is 0 Å². The Kier molecular flexibility index (Phi) is 5.86. The highest BCUT2D eigenvalue weighted by Gasteiger charge is 2.40. The van der Waals surface area contributed by atoms with Crippen LogP contribution < -0.4 is 0 Å². The Morgan fingerprint density at radius 3 is 2.57 bits per heavy atom. The number of aliphatic hydroxyl groups is 1. The fourth-order valence-corrected chi connectivity index (χ4v) is 3.89. The summed E-state index contributed by atoms with van der Waals surface area (Å²) in [6.07, 6.45) is 5.56. The fraction of sp³-hybridized carbons (Fsp3) is 0.812. The van der Waals surface area contributed by atoms with E-state index in [9.17, 15) is 5.11 Å². The van der Waals surface area contributed by atoms with E-state index in [4.69, 9.17) is 4.74 Å². The lowest BCUT2D eigenvalue weighted by atomic mass is 9.79. The summed E-state index contributed by atoms with van der Waals surface area (Å²) in [6.45, 7) is 7.55. The van der Waals surface area contributed by atoms with Crippen molar-refractivity contribution in [1.82, 2.24) is 9.78 Å². The van der Waals surface area contributed by atoms with E-state index in [0.29, 0.717) is 13.0 Å². The van der Waals surface area contributed by atoms with Gasteiger partial charge in [-0.1, -0.05) is 19.3 Å². The SMILES string of the molecule is CCOC1(C(O)Cc2c(Br)c(C)nn2CC)CCCCC1. The molecule has 0 radical (unpaired) electrons. The van der Waals surface area contributed by atoms with Crippen LogP contribution >= 0.6 is 15.9 Å². The van der Waals surface area contributed by atoms with Crippen LogP contribution in [0.1, 0.15) is 57.3 Å². The zero-order valence-electron chi connectivity index (χ0n) is 13.4. The molecule has 1 aliphatic rings. The molecule has 1 heterocycles. The molecule has 0 bridgehead atoms. The largest absolute Gasteiger partial charge is 0.390 e. The molecule has 0 aromatic carbocycles. The number of hydrogen-bond acceptors (Lipinski definition) is 3. The number of nitrogens with zero attached hydrogens (tertiary/aromatic N) is 2. The van der Waals surface area contributed by atoms with E-state index in [-0.39, 0.29) is 5.60 Å². The first kappa shape index (κ1) is 17.0. The summed E-state index contributed by atoms with van der Waals surface area (Å²) in [7, 11) is 0. The third-order valence-electron chi connectivity index (χ3n) is 4.58. The van der Waals surface area contributed by atoms with E-state index >= 15 is 0 Å². The summed E-state index contributed by atoms with van der Waals surface area (Å²) in [5, 5.41) is 15.4. The molecule has 4 nitrogen and oxygen atoms in total. The molecule has 1 aliphatic carbocycles. The second-order valence-corrected chi connectivity index (χ2v) is 6.73. The highest BCUT2D eigenvalue weighted by Crippen LogP contribution is 2.36. The van der Waals surface area contributed by atoms with Crippen molar-refractivity contribution in [3.8, 4) is 0 Å². The van der Waals surface area contributed by atoms with Crippen molar-refractivity contribution in [3.05, 3.63) is 15.9 Å². The average Bonchev–Trinajstić information content (AvgIpc) is 2.76. The van der Waals surface area contributed by atoms with Gasteiger partial charge < -0.3 is 9.84 Å². The molecule has 0 aliphatic heterocycles. The highest BCUT2D eigenvalue weighted by molar-refractivity contribution is 9.10. The van der Waals surface area contributed by atoms with Gasteiger partial charge in [0.1, 0.15) is 0 Å². The first-order valence-electron chi connectivity index (χ1n) is 8.08. The van der Waals surface area contributed by atoms with Crippen LogP contribution in [0.5, 0.6) is 0 Å². The topological polar surface area (TPSA) is 47.3 Å². The standard InChI is InChI=1S/C16H27BrN2O2/c1-4-19-13(15(17)12(3)18-19)11-14(20)16(21-5-2)9-7-6-8-10-16/h14,20H,4-11H2,1-3H3. The third kappa shape index (κ3) is 3.51. The van der Waals surface area contributed by atoms with Crippen molar-refractivity contribution in [2.75, 3.05) is 6.61 Å². The molecule has 0 spiro atoms. The summed E-state index contributed by atoms with van der Waals surface area (Å²) in [5.41, 5.74) is 1.68. The average molecular weight is 359 g/mol. The van der Waals surface area contributed by atoms with Gasteiger partial charge >= 0.3 is 0 Å². The number of halogens is 1. The Hall–Kier alpha value is -0.390. The Morgan fingerprint density at radius 1 is 1.33 bits per heavy atom. The maximum atomic E-state index is 10.9. The van der Waals surface area contributed by atoms with Gasteiger partial charge in [0.25, 0.3) is 0 Å². The number of aryl methyl sites for hydroxylation is 2. The first-order chi connectivity index (χ1) is 10.0. The van der Waals surface area contributed by atoms with Crippen LogP contribution in [0.25, 0.3) is 0 Å². The minimum Gasteiger partial charge on any atom is -0.390 e. The van der Waals surface area contributed by atoms with E-state index < -0.39 is 6.10 Å². The zero-order valence-corrected chi connectivity index (χ0v) is 14.9. The smallest absolute Gasteiger partial charge is 0.0943 e. The van der Waals surface area contributed by atoms with Crippen LogP contribution in [0.15, 0.2) is 4.47 Å². The van der Waals surface area contributed by atoms with Crippen LogP contribution in [-0.2, 0) is 17.7 Å². The molecule has 1 N–H and O–H groups in total. The first-order valence-corrected chi connectivity index (χ1v) is 8.87. The van der Waals surface area contributed by atoms with Gasteiger partial charge in [-0.3, -0.25) is 4.68 Å². The van der Waals surface area contributed by atoms with Crippen molar-refractivity contribution in [2.24, 2.45) is 0 Å². The molecule has 21 heavy (non-hydrogen) atoms. The summed E-state index contributed by atoms with van der Waals surface area (Å²) >= 11 is 3.62. The number of aromatic nitrogens is 2. The van der Waals surface area contributed by atoms with Crippen LogP contribution in [0.2, 0.25) is 0 Å². The van der Waals surface area contributed by atoms with Gasteiger partial charge in [-0.25, -0.2) is 0 Å². The lowest BCUT2D eigenvalue weighted by Crippen LogP contribution is -2.48. The second-order valence-electron chi connectivity index (χ2n) is 5.94. The van der Waals surface area contributed by atoms with E-state index in [2.05, 4.69) is 28.0 Å². The van der Waals surface area contributed by atoms with E-state index in [1.54, 1.807) is 0 Å². The lowest BCUT2D eigenvalue weighted by molar-refractivity contribution is -0.139. The van der Waals surface area contributed by atoms with Crippen molar-refractivity contribution in [2.45, 2.75) is 77.5 Å².